The Kier molecular flexibility index (Phi) is 4.62. The van der Waals surface area contributed by atoms with E-state index in [-0.39, 0.29) is 23.8 Å². The predicted molar refractivity (Wildman–Crippen MR) is 99.4 cm³/mol. The van der Waals surface area contributed by atoms with Gasteiger partial charge in [-0.2, -0.15) is 0 Å². The third kappa shape index (κ3) is 3.07. The first-order valence-electron chi connectivity index (χ1n) is 8.98. The summed E-state index contributed by atoms with van der Waals surface area (Å²) in [5, 5.41) is 0.451. The zero-order valence-corrected chi connectivity index (χ0v) is 15.4. The van der Waals surface area contributed by atoms with Crippen molar-refractivity contribution < 1.29 is 13.9 Å². The van der Waals surface area contributed by atoms with Crippen molar-refractivity contribution in [3.05, 3.63) is 64.4 Å². The first kappa shape index (κ1) is 17.3. The minimum Gasteiger partial charge on any atom is -0.495 e. The Morgan fingerprint density at radius 3 is 2.35 bits per heavy atom. The van der Waals surface area contributed by atoms with Gasteiger partial charge < -0.3 is 9.64 Å². The van der Waals surface area contributed by atoms with Gasteiger partial charge in [-0.25, -0.2) is 4.39 Å². The summed E-state index contributed by atoms with van der Waals surface area (Å²) >= 11 is 6.19. The highest BCUT2D eigenvalue weighted by atomic mass is 35.5. The van der Waals surface area contributed by atoms with Crippen LogP contribution >= 0.6 is 11.6 Å². The highest BCUT2D eigenvalue weighted by Crippen LogP contribution is 2.44. The standard InChI is InChI=1S/C21H21ClFNO2/c1-26-20-9-4-14(12-19(20)22)21(25)24-17-7-8-18(24)11-15(10-17)13-2-5-16(23)6-3-13/h2-6,9,12,15,17-18H,7-8,10-11H2,1H3. The molecule has 5 heteroatoms. The van der Waals surface area contributed by atoms with E-state index in [1.54, 1.807) is 25.3 Å². The summed E-state index contributed by atoms with van der Waals surface area (Å²) in [6, 6.07) is 12.5. The Hall–Kier alpha value is -2.07. The number of piperidine rings is 1. The Morgan fingerprint density at radius 2 is 1.77 bits per heavy atom. The summed E-state index contributed by atoms with van der Waals surface area (Å²) in [6.07, 6.45) is 3.91. The molecule has 0 aliphatic carbocycles. The van der Waals surface area contributed by atoms with Gasteiger partial charge in [0.1, 0.15) is 11.6 Å². The number of hydrogen-bond acceptors (Lipinski definition) is 2. The van der Waals surface area contributed by atoms with Crippen LogP contribution < -0.4 is 4.74 Å². The van der Waals surface area contributed by atoms with Crippen LogP contribution in [0.4, 0.5) is 4.39 Å². The first-order valence-corrected chi connectivity index (χ1v) is 9.36. The van der Waals surface area contributed by atoms with Crippen LogP contribution in [-0.2, 0) is 0 Å². The van der Waals surface area contributed by atoms with Crippen LogP contribution in [0.3, 0.4) is 0 Å². The minimum absolute atomic E-state index is 0.0413. The number of rotatable bonds is 3. The van der Waals surface area contributed by atoms with E-state index in [2.05, 4.69) is 0 Å². The number of amides is 1. The van der Waals surface area contributed by atoms with E-state index in [0.29, 0.717) is 22.3 Å². The molecule has 2 atom stereocenters. The highest BCUT2D eigenvalue weighted by molar-refractivity contribution is 6.32. The molecule has 2 fully saturated rings. The first-order chi connectivity index (χ1) is 12.6. The van der Waals surface area contributed by atoms with Crippen LogP contribution in [0.15, 0.2) is 42.5 Å². The van der Waals surface area contributed by atoms with Gasteiger partial charge in [-0.3, -0.25) is 4.79 Å². The lowest BCUT2D eigenvalue weighted by atomic mass is 9.85. The molecule has 1 amide bonds. The molecule has 2 aromatic carbocycles. The average Bonchev–Trinajstić information content (AvgIpc) is 2.91. The van der Waals surface area contributed by atoms with Crippen LogP contribution in [0.1, 0.15) is 47.5 Å². The maximum atomic E-state index is 13.2. The lowest BCUT2D eigenvalue weighted by Crippen LogP contribution is -2.46. The van der Waals surface area contributed by atoms with Crippen molar-refractivity contribution in [1.29, 1.82) is 0 Å². The molecule has 26 heavy (non-hydrogen) atoms. The van der Waals surface area contributed by atoms with E-state index < -0.39 is 0 Å². The number of methoxy groups -OCH3 is 1. The molecule has 0 saturated carbocycles. The maximum Gasteiger partial charge on any atom is 0.254 e. The third-order valence-electron chi connectivity index (χ3n) is 5.71. The van der Waals surface area contributed by atoms with E-state index in [4.69, 9.17) is 16.3 Å². The molecule has 2 heterocycles. The summed E-state index contributed by atoms with van der Waals surface area (Å²) in [5.74, 6) is 0.790. The largest absolute Gasteiger partial charge is 0.495 e. The van der Waals surface area contributed by atoms with E-state index in [1.165, 1.54) is 17.7 Å². The molecular weight excluding hydrogens is 353 g/mol. The molecule has 0 N–H and O–H groups in total. The molecule has 2 aliphatic rings. The van der Waals surface area contributed by atoms with Crippen LogP contribution in [0.5, 0.6) is 5.75 Å². The van der Waals surface area contributed by atoms with Gasteiger partial charge in [0.2, 0.25) is 0 Å². The van der Waals surface area contributed by atoms with Crippen LogP contribution in [0, 0.1) is 5.82 Å². The molecule has 4 rings (SSSR count). The summed E-state index contributed by atoms with van der Waals surface area (Å²) in [5.41, 5.74) is 1.77. The molecule has 2 bridgehead atoms. The van der Waals surface area contributed by atoms with Crippen LogP contribution in [0.2, 0.25) is 5.02 Å². The number of fused-ring (bicyclic) bond motifs is 2. The fourth-order valence-corrected chi connectivity index (χ4v) is 4.72. The molecule has 0 radical (unpaired) electrons. The van der Waals surface area contributed by atoms with Gasteiger partial charge in [0, 0.05) is 17.6 Å². The third-order valence-corrected chi connectivity index (χ3v) is 6.00. The maximum absolute atomic E-state index is 13.2. The fraction of sp³-hybridized carbons (Fsp3) is 0.381. The lowest BCUT2D eigenvalue weighted by Gasteiger charge is -2.39. The molecule has 0 spiro atoms. The minimum atomic E-state index is -0.208. The second-order valence-electron chi connectivity index (χ2n) is 7.17. The van der Waals surface area contributed by atoms with Crippen molar-refractivity contribution in [2.75, 3.05) is 7.11 Å². The Morgan fingerprint density at radius 1 is 1.12 bits per heavy atom. The second-order valence-corrected chi connectivity index (χ2v) is 7.57. The summed E-state index contributed by atoms with van der Waals surface area (Å²) < 4.78 is 18.4. The number of benzene rings is 2. The Labute approximate surface area is 157 Å². The van der Waals surface area contributed by atoms with Gasteiger partial charge in [0.15, 0.2) is 0 Å². The van der Waals surface area contributed by atoms with Crippen molar-refractivity contribution in [3.63, 3.8) is 0 Å². The smallest absolute Gasteiger partial charge is 0.254 e. The monoisotopic (exact) mass is 373 g/mol. The van der Waals surface area contributed by atoms with E-state index in [0.717, 1.165) is 25.7 Å². The summed E-state index contributed by atoms with van der Waals surface area (Å²) in [6.45, 7) is 0. The van der Waals surface area contributed by atoms with Crippen molar-refractivity contribution in [3.8, 4) is 5.75 Å². The topological polar surface area (TPSA) is 29.5 Å². The quantitative estimate of drug-likeness (QED) is 0.754. The molecule has 2 unspecified atom stereocenters. The molecule has 2 saturated heterocycles. The number of halogens is 2. The van der Waals surface area contributed by atoms with Crippen molar-refractivity contribution in [2.24, 2.45) is 0 Å². The average molecular weight is 374 g/mol. The highest BCUT2D eigenvalue weighted by Gasteiger charge is 2.43. The van der Waals surface area contributed by atoms with E-state index in [9.17, 15) is 9.18 Å². The zero-order valence-electron chi connectivity index (χ0n) is 14.6. The van der Waals surface area contributed by atoms with Gasteiger partial charge in [-0.05, 0) is 67.5 Å². The van der Waals surface area contributed by atoms with Gasteiger partial charge >= 0.3 is 0 Å². The van der Waals surface area contributed by atoms with Crippen molar-refractivity contribution in [1.82, 2.24) is 4.90 Å². The van der Waals surface area contributed by atoms with Gasteiger partial charge in [-0.1, -0.05) is 23.7 Å². The summed E-state index contributed by atoms with van der Waals surface area (Å²) in [7, 11) is 1.56. The van der Waals surface area contributed by atoms with Gasteiger partial charge in [0.05, 0.1) is 12.1 Å². The van der Waals surface area contributed by atoms with Gasteiger partial charge in [-0.15, -0.1) is 0 Å². The predicted octanol–water partition coefficient (Wildman–Crippen LogP) is 5.04. The number of ether oxygens (including phenoxy) is 1. The molecule has 2 aromatic rings. The van der Waals surface area contributed by atoms with E-state index in [1.807, 2.05) is 17.0 Å². The number of hydrogen-bond donors (Lipinski definition) is 0. The molecule has 2 aliphatic heterocycles. The van der Waals surface area contributed by atoms with Crippen LogP contribution in [0.25, 0.3) is 0 Å². The van der Waals surface area contributed by atoms with E-state index >= 15 is 0 Å². The van der Waals surface area contributed by atoms with Crippen molar-refractivity contribution in [2.45, 2.75) is 43.7 Å². The number of nitrogens with zero attached hydrogens (tertiary/aromatic N) is 1. The number of carbonyl (C=O) groups is 1. The second kappa shape index (κ2) is 6.92. The van der Waals surface area contributed by atoms with Crippen LogP contribution in [-0.4, -0.2) is 30.0 Å². The fourth-order valence-electron chi connectivity index (χ4n) is 4.46. The molecule has 3 nitrogen and oxygen atoms in total. The Bertz CT molecular complexity index is 809. The SMILES string of the molecule is COc1ccc(C(=O)N2C3CCC2CC(c2ccc(F)cc2)C3)cc1Cl. The van der Waals surface area contributed by atoms with Gasteiger partial charge in [0.25, 0.3) is 5.91 Å². The van der Waals surface area contributed by atoms with Crippen molar-refractivity contribution >= 4 is 17.5 Å². The molecule has 0 aromatic heterocycles. The zero-order chi connectivity index (χ0) is 18.3. The molecule has 136 valence electrons. The number of carbonyl (C=O) groups excluding carboxylic acids is 1. The normalized spacial score (nSPS) is 24.6. The summed E-state index contributed by atoms with van der Waals surface area (Å²) in [4.78, 5) is 15.1. The lowest BCUT2D eigenvalue weighted by molar-refractivity contribution is 0.0571. The Balaban J connectivity index is 1.53. The molecular formula is C21H21ClFNO2.